The molecule has 0 saturated carbocycles. The van der Waals surface area contributed by atoms with Gasteiger partial charge in [-0.05, 0) is 25.3 Å². The second kappa shape index (κ2) is 5.27. The Morgan fingerprint density at radius 1 is 1.47 bits per heavy atom. The molecule has 0 aromatic heterocycles. The molecule has 5 heteroatoms. The lowest BCUT2D eigenvalue weighted by Crippen LogP contribution is -2.43. The summed E-state index contributed by atoms with van der Waals surface area (Å²) in [6.07, 6.45) is 1.57. The van der Waals surface area contributed by atoms with Gasteiger partial charge in [0.1, 0.15) is 0 Å². The first-order chi connectivity index (χ1) is 6.97. The summed E-state index contributed by atoms with van der Waals surface area (Å²) in [5.41, 5.74) is 0. The summed E-state index contributed by atoms with van der Waals surface area (Å²) in [6.45, 7) is 7.50. The van der Waals surface area contributed by atoms with Crippen LogP contribution < -0.4 is 10.0 Å². The van der Waals surface area contributed by atoms with Crippen LogP contribution in [0.25, 0.3) is 0 Å². The SMILES string of the molecule is CCC(NS(=O)(=O)C1CCNC1)C(C)C. The Balaban J connectivity index is 2.61. The van der Waals surface area contributed by atoms with E-state index in [4.69, 9.17) is 0 Å². The predicted octanol–water partition coefficient (Wildman–Crippen LogP) is 0.702. The summed E-state index contributed by atoms with van der Waals surface area (Å²) in [5, 5.41) is 2.83. The van der Waals surface area contributed by atoms with Crippen LogP contribution in [-0.2, 0) is 10.0 Å². The molecular formula is C10H22N2O2S. The molecule has 2 N–H and O–H groups in total. The average molecular weight is 234 g/mol. The van der Waals surface area contributed by atoms with Crippen LogP contribution in [0.1, 0.15) is 33.6 Å². The molecule has 0 aromatic rings. The minimum atomic E-state index is -3.13. The monoisotopic (exact) mass is 234 g/mol. The van der Waals surface area contributed by atoms with Crippen LogP contribution >= 0.6 is 0 Å². The second-order valence-electron chi connectivity index (χ2n) is 4.54. The van der Waals surface area contributed by atoms with Crippen molar-refractivity contribution in [2.45, 2.75) is 44.9 Å². The molecule has 2 unspecified atom stereocenters. The van der Waals surface area contributed by atoms with Gasteiger partial charge >= 0.3 is 0 Å². The van der Waals surface area contributed by atoms with Crippen LogP contribution in [0.15, 0.2) is 0 Å². The number of hydrogen-bond donors (Lipinski definition) is 2. The summed E-state index contributed by atoms with van der Waals surface area (Å²) >= 11 is 0. The van der Waals surface area contributed by atoms with Crippen molar-refractivity contribution in [3.05, 3.63) is 0 Å². The minimum absolute atomic E-state index is 0.0654. The molecule has 1 aliphatic heterocycles. The van der Waals surface area contributed by atoms with Crippen molar-refractivity contribution in [3.63, 3.8) is 0 Å². The quantitative estimate of drug-likeness (QED) is 0.736. The molecule has 0 spiro atoms. The van der Waals surface area contributed by atoms with E-state index >= 15 is 0 Å². The van der Waals surface area contributed by atoms with E-state index in [1.807, 2.05) is 20.8 Å². The van der Waals surface area contributed by atoms with Gasteiger partial charge in [-0.3, -0.25) is 0 Å². The first-order valence-electron chi connectivity index (χ1n) is 5.69. The largest absolute Gasteiger partial charge is 0.315 e. The number of hydrogen-bond acceptors (Lipinski definition) is 3. The highest BCUT2D eigenvalue weighted by Crippen LogP contribution is 2.13. The average Bonchev–Trinajstić information content (AvgIpc) is 2.67. The van der Waals surface area contributed by atoms with E-state index < -0.39 is 10.0 Å². The van der Waals surface area contributed by atoms with Gasteiger partial charge in [0, 0.05) is 12.6 Å². The first kappa shape index (κ1) is 12.9. The van der Waals surface area contributed by atoms with Gasteiger partial charge in [0.05, 0.1) is 5.25 Å². The van der Waals surface area contributed by atoms with Gasteiger partial charge in [-0.25, -0.2) is 13.1 Å². The van der Waals surface area contributed by atoms with E-state index in [0.29, 0.717) is 12.5 Å². The van der Waals surface area contributed by atoms with Crippen LogP contribution in [0.2, 0.25) is 0 Å². The van der Waals surface area contributed by atoms with Gasteiger partial charge in [-0.15, -0.1) is 0 Å². The third kappa shape index (κ3) is 3.43. The fourth-order valence-corrected chi connectivity index (χ4v) is 3.71. The van der Waals surface area contributed by atoms with Crippen LogP contribution in [0.4, 0.5) is 0 Å². The molecule has 2 atom stereocenters. The molecule has 1 saturated heterocycles. The van der Waals surface area contributed by atoms with Gasteiger partial charge in [-0.1, -0.05) is 20.8 Å². The smallest absolute Gasteiger partial charge is 0.216 e. The molecule has 15 heavy (non-hydrogen) atoms. The van der Waals surface area contributed by atoms with Crippen LogP contribution in [0.3, 0.4) is 0 Å². The fourth-order valence-electron chi connectivity index (χ4n) is 1.89. The zero-order valence-corrected chi connectivity index (χ0v) is 10.6. The maximum atomic E-state index is 12.0. The van der Waals surface area contributed by atoms with Crippen molar-refractivity contribution in [2.24, 2.45) is 5.92 Å². The van der Waals surface area contributed by atoms with E-state index in [1.54, 1.807) is 0 Å². The van der Waals surface area contributed by atoms with Crippen molar-refractivity contribution < 1.29 is 8.42 Å². The van der Waals surface area contributed by atoms with Crippen molar-refractivity contribution in [3.8, 4) is 0 Å². The van der Waals surface area contributed by atoms with Crippen LogP contribution in [-0.4, -0.2) is 32.8 Å². The Morgan fingerprint density at radius 2 is 2.13 bits per heavy atom. The maximum Gasteiger partial charge on any atom is 0.216 e. The first-order valence-corrected chi connectivity index (χ1v) is 7.24. The van der Waals surface area contributed by atoms with E-state index in [0.717, 1.165) is 19.4 Å². The summed E-state index contributed by atoms with van der Waals surface area (Å²) in [7, 11) is -3.13. The predicted molar refractivity (Wildman–Crippen MR) is 62.2 cm³/mol. The molecule has 4 nitrogen and oxygen atoms in total. The van der Waals surface area contributed by atoms with Gasteiger partial charge < -0.3 is 5.32 Å². The normalized spacial score (nSPS) is 24.7. The Labute approximate surface area is 92.9 Å². The molecular weight excluding hydrogens is 212 g/mol. The topological polar surface area (TPSA) is 58.2 Å². The lowest BCUT2D eigenvalue weighted by molar-refractivity contribution is 0.434. The summed E-state index contributed by atoms with van der Waals surface area (Å²) in [5.74, 6) is 0.346. The van der Waals surface area contributed by atoms with E-state index in [9.17, 15) is 8.42 Å². The zero-order valence-electron chi connectivity index (χ0n) is 9.79. The molecule has 1 aliphatic rings. The minimum Gasteiger partial charge on any atom is -0.315 e. The Hall–Kier alpha value is -0.130. The van der Waals surface area contributed by atoms with E-state index in [-0.39, 0.29) is 11.3 Å². The molecule has 0 radical (unpaired) electrons. The highest BCUT2D eigenvalue weighted by Gasteiger charge is 2.30. The lowest BCUT2D eigenvalue weighted by Gasteiger charge is -2.22. The van der Waals surface area contributed by atoms with Gasteiger partial charge in [0.15, 0.2) is 0 Å². The third-order valence-electron chi connectivity index (χ3n) is 3.01. The van der Waals surface area contributed by atoms with Gasteiger partial charge in [0.2, 0.25) is 10.0 Å². The molecule has 90 valence electrons. The molecule has 0 amide bonds. The number of rotatable bonds is 5. The van der Waals surface area contributed by atoms with Crippen LogP contribution in [0.5, 0.6) is 0 Å². The van der Waals surface area contributed by atoms with Gasteiger partial charge in [0.25, 0.3) is 0 Å². The maximum absolute atomic E-state index is 12.0. The van der Waals surface area contributed by atoms with Crippen molar-refractivity contribution in [1.82, 2.24) is 10.0 Å². The van der Waals surface area contributed by atoms with Gasteiger partial charge in [-0.2, -0.15) is 0 Å². The van der Waals surface area contributed by atoms with Crippen molar-refractivity contribution in [2.75, 3.05) is 13.1 Å². The summed E-state index contributed by atoms with van der Waals surface area (Å²) in [4.78, 5) is 0. The van der Waals surface area contributed by atoms with E-state index in [2.05, 4.69) is 10.0 Å². The molecule has 1 heterocycles. The molecule has 1 rings (SSSR count). The molecule has 0 aliphatic carbocycles. The highest BCUT2D eigenvalue weighted by atomic mass is 32.2. The molecule has 0 bridgehead atoms. The summed E-state index contributed by atoms with van der Waals surface area (Å²) in [6, 6.07) is 0.0654. The Bertz CT molecular complexity index is 282. The molecule has 0 aromatic carbocycles. The third-order valence-corrected chi connectivity index (χ3v) is 4.93. The van der Waals surface area contributed by atoms with Crippen molar-refractivity contribution in [1.29, 1.82) is 0 Å². The lowest BCUT2D eigenvalue weighted by atomic mass is 10.0. The number of nitrogens with one attached hydrogen (secondary N) is 2. The second-order valence-corrected chi connectivity index (χ2v) is 6.53. The van der Waals surface area contributed by atoms with E-state index in [1.165, 1.54) is 0 Å². The fraction of sp³-hybridized carbons (Fsp3) is 1.00. The summed E-state index contributed by atoms with van der Waals surface area (Å²) < 4.78 is 26.7. The highest BCUT2D eigenvalue weighted by molar-refractivity contribution is 7.90. The Morgan fingerprint density at radius 3 is 2.53 bits per heavy atom. The molecule has 1 fully saturated rings. The van der Waals surface area contributed by atoms with Crippen LogP contribution in [0, 0.1) is 5.92 Å². The van der Waals surface area contributed by atoms with Crippen molar-refractivity contribution >= 4 is 10.0 Å². The zero-order chi connectivity index (χ0) is 11.5. The standard InChI is InChI=1S/C10H22N2O2S/c1-4-10(8(2)3)12-15(13,14)9-5-6-11-7-9/h8-12H,4-7H2,1-3H3. The Kier molecular flexibility index (Phi) is 4.55. The number of sulfonamides is 1.